The number of ether oxygens (including phenoxy) is 1. The van der Waals surface area contributed by atoms with Crippen molar-refractivity contribution in [2.24, 2.45) is 7.05 Å². The smallest absolute Gasteiger partial charge is 0.165 e. The molecule has 0 spiro atoms. The van der Waals surface area contributed by atoms with E-state index in [0.717, 1.165) is 27.8 Å². The van der Waals surface area contributed by atoms with E-state index < -0.39 is 0 Å². The molecule has 0 aliphatic carbocycles. The Morgan fingerprint density at radius 1 is 1.42 bits per heavy atom. The molecule has 0 bridgehead atoms. The quantitative estimate of drug-likeness (QED) is 0.855. The Hall–Kier alpha value is -1.36. The predicted octanol–water partition coefficient (Wildman–Crippen LogP) is 3.77. The summed E-state index contributed by atoms with van der Waals surface area (Å²) in [5.41, 5.74) is 2.85. The van der Waals surface area contributed by atoms with Crippen LogP contribution in [0.2, 0.25) is 0 Å². The largest absolute Gasteiger partial charge is 0.484 e. The average molecular weight is 327 g/mol. The summed E-state index contributed by atoms with van der Waals surface area (Å²) in [4.78, 5) is 0. The highest BCUT2D eigenvalue weighted by atomic mass is 79.9. The Labute approximate surface area is 120 Å². The maximum absolute atomic E-state index is 13.6. The Morgan fingerprint density at radius 3 is 2.79 bits per heavy atom. The van der Waals surface area contributed by atoms with Gasteiger partial charge in [0, 0.05) is 7.05 Å². The fourth-order valence-electron chi connectivity index (χ4n) is 1.84. The lowest BCUT2D eigenvalue weighted by Crippen LogP contribution is -2.04. The third-order valence-electron chi connectivity index (χ3n) is 2.95. The monoisotopic (exact) mass is 326 g/mol. The zero-order valence-electron chi connectivity index (χ0n) is 11.2. The second kappa shape index (κ2) is 5.74. The number of nitrogens with zero attached hydrogens (tertiary/aromatic N) is 2. The van der Waals surface area contributed by atoms with Gasteiger partial charge in [0.25, 0.3) is 0 Å². The van der Waals surface area contributed by atoms with Crippen LogP contribution in [0.15, 0.2) is 22.7 Å². The van der Waals surface area contributed by atoms with Crippen LogP contribution in [0.4, 0.5) is 4.39 Å². The Bertz CT molecular complexity index is 595. The Kier molecular flexibility index (Phi) is 4.24. The highest BCUT2D eigenvalue weighted by Crippen LogP contribution is 2.24. The first-order valence-corrected chi connectivity index (χ1v) is 6.91. The van der Waals surface area contributed by atoms with Gasteiger partial charge in [-0.3, -0.25) is 4.68 Å². The van der Waals surface area contributed by atoms with Crippen LogP contribution in [0.5, 0.6) is 5.75 Å². The second-order valence-corrected chi connectivity index (χ2v) is 5.20. The lowest BCUT2D eigenvalue weighted by Gasteiger charge is -2.08. The molecule has 1 heterocycles. The summed E-state index contributed by atoms with van der Waals surface area (Å²) in [5.74, 6) is -0.0780. The van der Waals surface area contributed by atoms with Gasteiger partial charge in [-0.25, -0.2) is 4.39 Å². The molecular formula is C14H16BrFN2O. The number of rotatable bonds is 4. The molecule has 0 saturated heterocycles. The van der Waals surface area contributed by atoms with Gasteiger partial charge in [-0.15, -0.1) is 0 Å². The van der Waals surface area contributed by atoms with Gasteiger partial charge >= 0.3 is 0 Å². The third kappa shape index (κ3) is 2.97. The summed E-state index contributed by atoms with van der Waals surface area (Å²) in [7, 11) is 1.86. The topological polar surface area (TPSA) is 27.1 Å². The zero-order chi connectivity index (χ0) is 14.0. The van der Waals surface area contributed by atoms with Crippen molar-refractivity contribution in [1.82, 2.24) is 9.78 Å². The first-order valence-electron chi connectivity index (χ1n) is 6.12. The molecule has 0 saturated carbocycles. The van der Waals surface area contributed by atoms with E-state index in [-0.39, 0.29) is 18.2 Å². The third-order valence-corrected chi connectivity index (χ3v) is 3.87. The summed E-state index contributed by atoms with van der Waals surface area (Å²) in [6.07, 6.45) is 0.841. The first-order chi connectivity index (χ1) is 9.02. The van der Waals surface area contributed by atoms with Crippen LogP contribution < -0.4 is 4.74 Å². The first kappa shape index (κ1) is 14.1. The molecule has 19 heavy (non-hydrogen) atoms. The van der Waals surface area contributed by atoms with E-state index in [0.29, 0.717) is 0 Å². The molecule has 2 aromatic rings. The van der Waals surface area contributed by atoms with Crippen molar-refractivity contribution >= 4 is 15.9 Å². The lowest BCUT2D eigenvalue weighted by molar-refractivity contribution is 0.279. The molecule has 0 atom stereocenters. The fourth-order valence-corrected chi connectivity index (χ4v) is 2.57. The van der Waals surface area contributed by atoms with Gasteiger partial charge in [0.15, 0.2) is 11.6 Å². The van der Waals surface area contributed by atoms with E-state index in [1.54, 1.807) is 16.8 Å². The van der Waals surface area contributed by atoms with E-state index in [1.807, 2.05) is 20.9 Å². The van der Waals surface area contributed by atoms with Crippen LogP contribution in [0.1, 0.15) is 23.9 Å². The van der Waals surface area contributed by atoms with Crippen LogP contribution in [0, 0.1) is 12.7 Å². The highest BCUT2D eigenvalue weighted by molar-refractivity contribution is 9.10. The summed E-state index contributed by atoms with van der Waals surface area (Å²) >= 11 is 3.51. The van der Waals surface area contributed by atoms with E-state index in [4.69, 9.17) is 4.74 Å². The molecule has 0 aliphatic rings. The second-order valence-electron chi connectivity index (χ2n) is 4.41. The number of benzene rings is 1. The predicted molar refractivity (Wildman–Crippen MR) is 75.8 cm³/mol. The van der Waals surface area contributed by atoms with Gasteiger partial charge in [-0.1, -0.05) is 13.0 Å². The summed E-state index contributed by atoms with van der Waals surface area (Å²) in [6, 6.07) is 4.83. The van der Waals surface area contributed by atoms with Crippen molar-refractivity contribution < 1.29 is 9.13 Å². The van der Waals surface area contributed by atoms with Gasteiger partial charge in [-0.05, 0) is 47.0 Å². The fraction of sp³-hybridized carbons (Fsp3) is 0.357. The van der Waals surface area contributed by atoms with Crippen molar-refractivity contribution in [3.05, 3.63) is 45.4 Å². The van der Waals surface area contributed by atoms with E-state index >= 15 is 0 Å². The molecule has 102 valence electrons. The van der Waals surface area contributed by atoms with Crippen LogP contribution >= 0.6 is 15.9 Å². The standard InChI is InChI=1S/C14H16BrFN2O/c1-4-11-14(15)12(18(3)17-11)8-19-13-7-9(2)5-6-10(13)16/h5-7H,4,8H2,1-3H3. The maximum atomic E-state index is 13.6. The van der Waals surface area contributed by atoms with Gasteiger partial charge in [-0.2, -0.15) is 5.10 Å². The minimum absolute atomic E-state index is 0.270. The molecule has 0 radical (unpaired) electrons. The molecule has 5 heteroatoms. The molecule has 1 aromatic heterocycles. The maximum Gasteiger partial charge on any atom is 0.165 e. The van der Waals surface area contributed by atoms with Crippen LogP contribution in [-0.2, 0) is 20.1 Å². The summed E-state index contributed by atoms with van der Waals surface area (Å²) in [5, 5.41) is 4.38. The Balaban J connectivity index is 2.19. The molecule has 0 aliphatic heterocycles. The minimum Gasteiger partial charge on any atom is -0.484 e. The van der Waals surface area contributed by atoms with Gasteiger partial charge in [0.1, 0.15) is 6.61 Å². The van der Waals surface area contributed by atoms with E-state index in [1.165, 1.54) is 6.07 Å². The van der Waals surface area contributed by atoms with Gasteiger partial charge in [0.05, 0.1) is 15.9 Å². The SMILES string of the molecule is CCc1nn(C)c(COc2cc(C)ccc2F)c1Br. The molecule has 1 aromatic carbocycles. The molecule has 0 fully saturated rings. The van der Waals surface area contributed by atoms with E-state index in [2.05, 4.69) is 21.0 Å². The molecule has 3 nitrogen and oxygen atoms in total. The number of hydrogen-bond donors (Lipinski definition) is 0. The number of halogens is 2. The average Bonchev–Trinajstić information content (AvgIpc) is 2.66. The van der Waals surface area contributed by atoms with Crippen molar-refractivity contribution in [2.45, 2.75) is 26.9 Å². The normalized spacial score (nSPS) is 10.8. The van der Waals surface area contributed by atoms with Crippen LogP contribution in [-0.4, -0.2) is 9.78 Å². The van der Waals surface area contributed by atoms with Gasteiger partial charge in [0.2, 0.25) is 0 Å². The number of hydrogen-bond acceptors (Lipinski definition) is 2. The molecule has 2 rings (SSSR count). The van der Waals surface area contributed by atoms with Gasteiger partial charge < -0.3 is 4.74 Å². The molecule has 0 amide bonds. The molecule has 0 unspecified atom stereocenters. The van der Waals surface area contributed by atoms with Crippen molar-refractivity contribution in [2.75, 3.05) is 0 Å². The highest BCUT2D eigenvalue weighted by Gasteiger charge is 2.13. The zero-order valence-corrected chi connectivity index (χ0v) is 12.8. The molecule has 0 N–H and O–H groups in total. The summed E-state index contributed by atoms with van der Waals surface area (Å²) < 4.78 is 21.8. The number of aromatic nitrogens is 2. The van der Waals surface area contributed by atoms with E-state index in [9.17, 15) is 4.39 Å². The van der Waals surface area contributed by atoms with Crippen molar-refractivity contribution in [3.8, 4) is 5.75 Å². The summed E-state index contributed by atoms with van der Waals surface area (Å²) in [6.45, 7) is 4.23. The Morgan fingerprint density at radius 2 is 2.16 bits per heavy atom. The lowest BCUT2D eigenvalue weighted by atomic mass is 10.2. The number of aryl methyl sites for hydroxylation is 3. The van der Waals surface area contributed by atoms with Crippen LogP contribution in [0.3, 0.4) is 0 Å². The minimum atomic E-state index is -0.348. The van der Waals surface area contributed by atoms with Crippen LogP contribution in [0.25, 0.3) is 0 Å². The van der Waals surface area contributed by atoms with Crippen molar-refractivity contribution in [3.63, 3.8) is 0 Å². The molecular weight excluding hydrogens is 311 g/mol. The van der Waals surface area contributed by atoms with Crippen molar-refractivity contribution in [1.29, 1.82) is 0 Å².